The van der Waals surface area contributed by atoms with E-state index in [1.54, 1.807) is 18.4 Å². The van der Waals surface area contributed by atoms with Crippen LogP contribution in [0.5, 0.6) is 0 Å². The molecule has 0 aliphatic carbocycles. The van der Waals surface area contributed by atoms with Gasteiger partial charge in [0.25, 0.3) is 5.91 Å². The molecule has 2 aromatic carbocycles. The van der Waals surface area contributed by atoms with E-state index >= 15 is 0 Å². The van der Waals surface area contributed by atoms with Crippen LogP contribution in [0.3, 0.4) is 0 Å². The van der Waals surface area contributed by atoms with E-state index in [0.29, 0.717) is 25.3 Å². The molecule has 0 radical (unpaired) electrons. The summed E-state index contributed by atoms with van der Waals surface area (Å²) in [5.41, 5.74) is 4.47. The number of nitrogens with zero attached hydrogens (tertiary/aromatic N) is 2. The molecule has 6 heteroatoms. The maximum atomic E-state index is 14.3. The Morgan fingerprint density at radius 2 is 1.91 bits per heavy atom. The third-order valence-corrected chi connectivity index (χ3v) is 7.26. The van der Waals surface area contributed by atoms with Gasteiger partial charge in [0.05, 0.1) is 18.6 Å². The summed E-state index contributed by atoms with van der Waals surface area (Å²) in [5, 5.41) is 2.00. The van der Waals surface area contributed by atoms with Crippen LogP contribution in [0.4, 0.5) is 5.69 Å². The third-order valence-electron chi connectivity index (χ3n) is 6.31. The van der Waals surface area contributed by atoms with Crippen molar-refractivity contribution >= 4 is 28.8 Å². The number of fused-ring (bicyclic) bond motifs is 1. The molecular weight excluding hydrogens is 432 g/mol. The van der Waals surface area contributed by atoms with Crippen molar-refractivity contribution in [1.29, 1.82) is 0 Å². The van der Waals surface area contributed by atoms with Gasteiger partial charge in [-0.15, -0.1) is 11.3 Å². The molecule has 1 aliphatic heterocycles. The first-order valence-electron chi connectivity index (χ1n) is 11.3. The highest BCUT2D eigenvalue weighted by Gasteiger charge is 2.45. The normalized spacial score (nSPS) is 17.7. The second-order valence-electron chi connectivity index (χ2n) is 8.39. The van der Waals surface area contributed by atoms with Crippen molar-refractivity contribution in [3.05, 3.63) is 87.1 Å². The monoisotopic (exact) mass is 462 g/mol. The fourth-order valence-corrected chi connectivity index (χ4v) is 5.57. The summed E-state index contributed by atoms with van der Waals surface area (Å²) in [6.07, 6.45) is 0. The zero-order valence-electron chi connectivity index (χ0n) is 19.6. The van der Waals surface area contributed by atoms with Gasteiger partial charge in [-0.1, -0.05) is 36.4 Å². The van der Waals surface area contributed by atoms with Crippen molar-refractivity contribution < 1.29 is 14.3 Å². The van der Waals surface area contributed by atoms with Crippen LogP contribution in [0.15, 0.2) is 60.0 Å². The molecule has 4 rings (SSSR count). The predicted octanol–water partition coefficient (Wildman–Crippen LogP) is 5.35. The lowest BCUT2D eigenvalue weighted by Gasteiger charge is -2.42. The van der Waals surface area contributed by atoms with Gasteiger partial charge in [-0.3, -0.25) is 9.59 Å². The maximum Gasteiger partial charge on any atom is 0.254 e. The van der Waals surface area contributed by atoms with Gasteiger partial charge < -0.3 is 14.5 Å². The van der Waals surface area contributed by atoms with E-state index in [-0.39, 0.29) is 17.9 Å². The zero-order valence-corrected chi connectivity index (χ0v) is 20.4. The summed E-state index contributed by atoms with van der Waals surface area (Å²) in [4.78, 5) is 32.6. The van der Waals surface area contributed by atoms with Gasteiger partial charge in [0.15, 0.2) is 0 Å². The molecule has 3 aromatic rings. The van der Waals surface area contributed by atoms with E-state index in [1.165, 1.54) is 0 Å². The van der Waals surface area contributed by atoms with Crippen molar-refractivity contribution in [3.8, 4) is 0 Å². The Hall–Kier alpha value is -2.96. The number of carbonyl (C=O) groups excluding carboxylic acids is 2. The fourth-order valence-electron chi connectivity index (χ4n) is 4.69. The SMILES string of the molecule is CCN(C(=O)C1c2ccccc2C(=O)N(CCOC)C1c1cccs1)c1cc(C)ccc1C. The number of likely N-dealkylation sites (N-methyl/N-ethyl adjacent to an activating group) is 1. The van der Waals surface area contributed by atoms with Gasteiger partial charge >= 0.3 is 0 Å². The smallest absolute Gasteiger partial charge is 0.254 e. The van der Waals surface area contributed by atoms with Crippen LogP contribution in [-0.4, -0.2) is 43.5 Å². The first kappa shape index (κ1) is 23.2. The van der Waals surface area contributed by atoms with Gasteiger partial charge in [0.1, 0.15) is 0 Å². The Morgan fingerprint density at radius 3 is 2.61 bits per heavy atom. The molecule has 2 unspecified atom stereocenters. The number of ether oxygens (including phenoxy) is 1. The Morgan fingerprint density at radius 1 is 1.12 bits per heavy atom. The third kappa shape index (κ3) is 4.33. The summed E-state index contributed by atoms with van der Waals surface area (Å²) in [5.74, 6) is -0.555. The Kier molecular flexibility index (Phi) is 6.96. The molecule has 0 saturated carbocycles. The van der Waals surface area contributed by atoms with Crippen LogP contribution in [0.2, 0.25) is 0 Å². The van der Waals surface area contributed by atoms with Crippen molar-refractivity contribution in [2.24, 2.45) is 0 Å². The average molecular weight is 463 g/mol. The Balaban J connectivity index is 1.88. The number of hydrogen-bond donors (Lipinski definition) is 0. The highest BCUT2D eigenvalue weighted by molar-refractivity contribution is 7.10. The van der Waals surface area contributed by atoms with Crippen LogP contribution in [0, 0.1) is 13.8 Å². The molecule has 5 nitrogen and oxygen atoms in total. The van der Waals surface area contributed by atoms with E-state index in [4.69, 9.17) is 4.74 Å². The molecule has 2 amide bonds. The van der Waals surface area contributed by atoms with Crippen molar-refractivity contribution in [2.75, 3.05) is 31.7 Å². The summed E-state index contributed by atoms with van der Waals surface area (Å²) in [6, 6.07) is 17.3. The number of aryl methyl sites for hydroxylation is 2. The minimum atomic E-state index is -0.505. The van der Waals surface area contributed by atoms with Crippen molar-refractivity contribution in [3.63, 3.8) is 0 Å². The molecular formula is C27H30N2O3S. The summed E-state index contributed by atoms with van der Waals surface area (Å²) in [7, 11) is 1.63. The van der Waals surface area contributed by atoms with Crippen molar-refractivity contribution in [2.45, 2.75) is 32.7 Å². The fraction of sp³-hybridized carbons (Fsp3) is 0.333. The number of thiophene rings is 1. The molecule has 0 saturated heterocycles. The topological polar surface area (TPSA) is 49.9 Å². The maximum absolute atomic E-state index is 14.3. The van der Waals surface area contributed by atoms with Crippen LogP contribution in [0.25, 0.3) is 0 Å². The largest absolute Gasteiger partial charge is 0.383 e. The second kappa shape index (κ2) is 9.89. The first-order chi connectivity index (χ1) is 16.0. The highest BCUT2D eigenvalue weighted by atomic mass is 32.1. The van der Waals surface area contributed by atoms with Crippen LogP contribution < -0.4 is 4.90 Å². The minimum Gasteiger partial charge on any atom is -0.383 e. The molecule has 1 aromatic heterocycles. The summed E-state index contributed by atoms with van der Waals surface area (Å²) < 4.78 is 5.32. The molecule has 2 heterocycles. The average Bonchev–Trinajstić information content (AvgIpc) is 3.35. The molecule has 0 spiro atoms. The summed E-state index contributed by atoms with van der Waals surface area (Å²) in [6.45, 7) is 7.45. The minimum absolute atomic E-state index is 0.00645. The Bertz CT molecular complexity index is 1140. The zero-order chi connectivity index (χ0) is 23.5. The molecule has 1 aliphatic rings. The highest BCUT2D eigenvalue weighted by Crippen LogP contribution is 2.45. The number of amides is 2. The molecule has 0 fully saturated rings. The Labute approximate surface area is 199 Å². The number of rotatable bonds is 7. The van der Waals surface area contributed by atoms with Gasteiger partial charge in [-0.05, 0) is 61.0 Å². The quantitative estimate of drug-likeness (QED) is 0.476. The number of carbonyl (C=O) groups is 2. The second-order valence-corrected chi connectivity index (χ2v) is 9.37. The lowest BCUT2D eigenvalue weighted by Crippen LogP contribution is -2.49. The van der Waals surface area contributed by atoms with E-state index in [9.17, 15) is 9.59 Å². The molecule has 0 bridgehead atoms. The predicted molar refractivity (Wildman–Crippen MR) is 133 cm³/mol. The molecule has 33 heavy (non-hydrogen) atoms. The van der Waals surface area contributed by atoms with Gasteiger partial charge in [-0.25, -0.2) is 0 Å². The van der Waals surface area contributed by atoms with E-state index in [0.717, 1.165) is 27.3 Å². The summed E-state index contributed by atoms with van der Waals surface area (Å²) >= 11 is 1.58. The number of hydrogen-bond acceptors (Lipinski definition) is 4. The van der Waals surface area contributed by atoms with Gasteiger partial charge in [0.2, 0.25) is 5.91 Å². The lowest BCUT2D eigenvalue weighted by atomic mass is 9.81. The molecule has 0 N–H and O–H groups in total. The molecule has 2 atom stereocenters. The standard InChI is InChI=1S/C27H30N2O3S/c1-5-28(22-17-18(2)12-13-19(22)3)27(31)24-20-9-6-7-10-21(20)26(30)29(14-15-32-4)25(24)23-11-8-16-33-23/h6-13,16-17,24-25H,5,14-15H2,1-4H3. The van der Waals surface area contributed by atoms with E-state index in [1.807, 2.05) is 72.3 Å². The van der Waals surface area contributed by atoms with E-state index in [2.05, 4.69) is 18.2 Å². The molecule has 172 valence electrons. The van der Waals surface area contributed by atoms with Gasteiger partial charge in [-0.2, -0.15) is 0 Å². The van der Waals surface area contributed by atoms with Crippen LogP contribution in [0.1, 0.15) is 50.8 Å². The lowest BCUT2D eigenvalue weighted by molar-refractivity contribution is -0.121. The first-order valence-corrected chi connectivity index (χ1v) is 12.2. The number of benzene rings is 2. The number of methoxy groups -OCH3 is 1. The van der Waals surface area contributed by atoms with Gasteiger partial charge in [0, 0.05) is 36.3 Å². The van der Waals surface area contributed by atoms with Crippen LogP contribution >= 0.6 is 11.3 Å². The number of anilines is 1. The van der Waals surface area contributed by atoms with Crippen molar-refractivity contribution in [1.82, 2.24) is 4.90 Å². The van der Waals surface area contributed by atoms with Crippen LogP contribution in [-0.2, 0) is 9.53 Å². The van der Waals surface area contributed by atoms with E-state index < -0.39 is 5.92 Å².